The van der Waals surface area contributed by atoms with Crippen molar-refractivity contribution < 1.29 is 9.90 Å². The van der Waals surface area contributed by atoms with E-state index in [1.165, 1.54) is 11.3 Å². The van der Waals surface area contributed by atoms with Crippen LogP contribution in [0.2, 0.25) is 0 Å². The summed E-state index contributed by atoms with van der Waals surface area (Å²) in [5.41, 5.74) is 1.69. The Morgan fingerprint density at radius 3 is 3.06 bits per heavy atom. The SMILES string of the molecule is O=C(c1cncs1)N1CC2CC3CC2C1C3O. The Morgan fingerprint density at radius 2 is 2.35 bits per heavy atom. The first-order valence-corrected chi connectivity index (χ1v) is 7.01. The molecule has 2 saturated carbocycles. The molecule has 5 heteroatoms. The summed E-state index contributed by atoms with van der Waals surface area (Å²) < 4.78 is 0. The first kappa shape index (κ1) is 10.0. The highest BCUT2D eigenvalue weighted by Gasteiger charge is 2.60. The maximum absolute atomic E-state index is 12.3. The third-order valence-electron chi connectivity index (χ3n) is 4.75. The second-order valence-electron chi connectivity index (χ2n) is 5.46. The molecule has 1 amide bonds. The predicted molar refractivity (Wildman–Crippen MR) is 62.6 cm³/mol. The topological polar surface area (TPSA) is 53.4 Å². The van der Waals surface area contributed by atoms with Gasteiger partial charge in [-0.15, -0.1) is 11.3 Å². The monoisotopic (exact) mass is 250 g/mol. The van der Waals surface area contributed by atoms with Crippen molar-refractivity contribution in [3.05, 3.63) is 16.6 Å². The molecule has 1 saturated heterocycles. The average molecular weight is 250 g/mol. The van der Waals surface area contributed by atoms with Crippen molar-refractivity contribution in [1.82, 2.24) is 9.88 Å². The Hall–Kier alpha value is -0.940. The quantitative estimate of drug-likeness (QED) is 0.808. The number of amides is 1. The fraction of sp³-hybridized carbons (Fsp3) is 0.667. The molecule has 1 aromatic rings. The van der Waals surface area contributed by atoms with Crippen LogP contribution in [0.15, 0.2) is 11.7 Å². The zero-order chi connectivity index (χ0) is 11.6. The lowest BCUT2D eigenvalue weighted by molar-refractivity contribution is 0.0405. The molecule has 0 radical (unpaired) electrons. The van der Waals surface area contributed by atoms with E-state index in [9.17, 15) is 9.90 Å². The van der Waals surface area contributed by atoms with E-state index < -0.39 is 0 Å². The van der Waals surface area contributed by atoms with Gasteiger partial charge in [0.15, 0.2) is 0 Å². The highest BCUT2D eigenvalue weighted by Crippen LogP contribution is 2.55. The first-order valence-electron chi connectivity index (χ1n) is 6.13. The minimum absolute atomic E-state index is 0.0617. The molecule has 0 spiro atoms. The molecule has 2 bridgehead atoms. The smallest absolute Gasteiger partial charge is 0.265 e. The van der Waals surface area contributed by atoms with Crippen LogP contribution in [-0.4, -0.2) is 39.6 Å². The molecule has 1 aliphatic heterocycles. The Morgan fingerprint density at radius 1 is 1.47 bits per heavy atom. The van der Waals surface area contributed by atoms with Crippen LogP contribution in [0, 0.1) is 17.8 Å². The molecule has 3 aliphatic rings. The van der Waals surface area contributed by atoms with Gasteiger partial charge in [0.2, 0.25) is 0 Å². The van der Waals surface area contributed by atoms with Crippen molar-refractivity contribution in [1.29, 1.82) is 0 Å². The molecule has 5 unspecified atom stereocenters. The maximum atomic E-state index is 12.3. The van der Waals surface area contributed by atoms with Gasteiger partial charge in [0.1, 0.15) is 4.88 Å². The van der Waals surface area contributed by atoms with Crippen LogP contribution in [0.25, 0.3) is 0 Å². The Bertz CT molecular complexity index is 459. The van der Waals surface area contributed by atoms with Crippen LogP contribution in [0.3, 0.4) is 0 Å². The van der Waals surface area contributed by atoms with Gasteiger partial charge in [0.05, 0.1) is 23.9 Å². The highest BCUT2D eigenvalue weighted by atomic mass is 32.1. The van der Waals surface area contributed by atoms with E-state index in [1.54, 1.807) is 11.7 Å². The summed E-state index contributed by atoms with van der Waals surface area (Å²) in [4.78, 5) is 18.9. The van der Waals surface area contributed by atoms with Gasteiger partial charge in [-0.05, 0) is 30.6 Å². The molecule has 2 aliphatic carbocycles. The number of hydrogen-bond acceptors (Lipinski definition) is 4. The van der Waals surface area contributed by atoms with Crippen LogP contribution in [0.1, 0.15) is 22.5 Å². The molecule has 3 fully saturated rings. The fourth-order valence-electron chi connectivity index (χ4n) is 4.11. The summed E-state index contributed by atoms with van der Waals surface area (Å²) in [6.07, 6.45) is 3.56. The molecule has 1 N–H and O–H groups in total. The second-order valence-corrected chi connectivity index (χ2v) is 6.35. The predicted octanol–water partition coefficient (Wildman–Crippen LogP) is 0.984. The van der Waals surface area contributed by atoms with E-state index in [0.29, 0.717) is 22.6 Å². The van der Waals surface area contributed by atoms with Crippen LogP contribution < -0.4 is 0 Å². The number of hydrogen-bond donors (Lipinski definition) is 1. The molecule has 1 aromatic heterocycles. The largest absolute Gasteiger partial charge is 0.391 e. The van der Waals surface area contributed by atoms with E-state index in [1.807, 2.05) is 4.90 Å². The number of aliphatic hydroxyl groups excluding tert-OH is 1. The summed E-state index contributed by atoms with van der Waals surface area (Å²) in [7, 11) is 0. The number of carbonyl (C=O) groups is 1. The van der Waals surface area contributed by atoms with Crippen LogP contribution >= 0.6 is 11.3 Å². The van der Waals surface area contributed by atoms with Crippen LogP contribution in [0.5, 0.6) is 0 Å². The van der Waals surface area contributed by atoms with Crippen molar-refractivity contribution in [2.45, 2.75) is 25.0 Å². The van der Waals surface area contributed by atoms with Crippen LogP contribution in [-0.2, 0) is 0 Å². The normalized spacial score (nSPS) is 42.4. The van der Waals surface area contributed by atoms with E-state index in [0.717, 1.165) is 19.4 Å². The van der Waals surface area contributed by atoms with Gasteiger partial charge >= 0.3 is 0 Å². The lowest BCUT2D eigenvalue weighted by Crippen LogP contribution is -2.43. The molecule has 4 nitrogen and oxygen atoms in total. The minimum atomic E-state index is -0.296. The number of likely N-dealkylation sites (tertiary alicyclic amines) is 1. The molecule has 5 atom stereocenters. The summed E-state index contributed by atoms with van der Waals surface area (Å²) in [5.74, 6) is 1.68. The van der Waals surface area contributed by atoms with E-state index >= 15 is 0 Å². The number of nitrogens with zero attached hydrogens (tertiary/aromatic N) is 2. The molecular weight excluding hydrogens is 236 g/mol. The standard InChI is InChI=1S/C12H14N2O2S/c15-11-6-1-7-4-14(10(11)8(7)2-6)12(16)9-3-13-5-17-9/h3,5-8,10-11,15H,1-2,4H2. The lowest BCUT2D eigenvalue weighted by atomic mass is 9.88. The van der Waals surface area contributed by atoms with Crippen molar-refractivity contribution in [2.24, 2.45) is 17.8 Å². The lowest BCUT2D eigenvalue weighted by Gasteiger charge is -2.28. The molecule has 17 heavy (non-hydrogen) atoms. The van der Waals surface area contributed by atoms with Gasteiger partial charge in [-0.1, -0.05) is 0 Å². The van der Waals surface area contributed by atoms with Crippen molar-refractivity contribution in [2.75, 3.05) is 6.54 Å². The van der Waals surface area contributed by atoms with Gasteiger partial charge in [-0.2, -0.15) is 0 Å². The first-order chi connectivity index (χ1) is 8.25. The number of fused-ring (bicyclic) bond motifs is 1. The van der Waals surface area contributed by atoms with E-state index in [4.69, 9.17) is 0 Å². The number of aliphatic hydroxyl groups is 1. The highest BCUT2D eigenvalue weighted by molar-refractivity contribution is 7.11. The molecule has 4 rings (SSSR count). The fourth-order valence-corrected chi connectivity index (χ4v) is 4.69. The van der Waals surface area contributed by atoms with Gasteiger partial charge in [-0.3, -0.25) is 9.78 Å². The number of rotatable bonds is 1. The Kier molecular flexibility index (Phi) is 1.94. The number of aromatic nitrogens is 1. The average Bonchev–Trinajstić information content (AvgIpc) is 3.02. The van der Waals surface area contributed by atoms with Crippen molar-refractivity contribution >= 4 is 17.2 Å². The molecule has 0 aromatic carbocycles. The van der Waals surface area contributed by atoms with E-state index in [-0.39, 0.29) is 18.1 Å². The third kappa shape index (κ3) is 1.21. The zero-order valence-electron chi connectivity index (χ0n) is 9.32. The zero-order valence-corrected chi connectivity index (χ0v) is 10.1. The summed E-state index contributed by atoms with van der Waals surface area (Å²) >= 11 is 1.38. The third-order valence-corrected chi connectivity index (χ3v) is 5.51. The van der Waals surface area contributed by atoms with Crippen molar-refractivity contribution in [3.8, 4) is 0 Å². The second kappa shape index (κ2) is 3.29. The number of thiazole rings is 1. The maximum Gasteiger partial charge on any atom is 0.265 e. The summed E-state index contributed by atoms with van der Waals surface area (Å²) in [5, 5.41) is 10.2. The number of carbonyl (C=O) groups excluding carboxylic acids is 1. The van der Waals surface area contributed by atoms with Crippen LogP contribution in [0.4, 0.5) is 0 Å². The van der Waals surface area contributed by atoms with Gasteiger partial charge < -0.3 is 10.0 Å². The Balaban J connectivity index is 1.66. The van der Waals surface area contributed by atoms with Gasteiger partial charge in [-0.25, -0.2) is 0 Å². The van der Waals surface area contributed by atoms with Gasteiger partial charge in [0, 0.05) is 6.54 Å². The molecular formula is C12H14N2O2S. The molecule has 2 heterocycles. The van der Waals surface area contributed by atoms with Crippen molar-refractivity contribution in [3.63, 3.8) is 0 Å². The Labute approximate surface area is 103 Å². The van der Waals surface area contributed by atoms with E-state index in [2.05, 4.69) is 4.98 Å². The summed E-state index contributed by atoms with van der Waals surface area (Å²) in [6, 6.07) is 0.0772. The molecule has 90 valence electrons. The summed E-state index contributed by atoms with van der Waals surface area (Å²) in [6.45, 7) is 0.833. The van der Waals surface area contributed by atoms with Gasteiger partial charge in [0.25, 0.3) is 5.91 Å². The minimum Gasteiger partial charge on any atom is -0.391 e.